The Morgan fingerprint density at radius 1 is 1.23 bits per heavy atom. The van der Waals surface area contributed by atoms with Crippen LogP contribution in [0.2, 0.25) is 0 Å². The van der Waals surface area contributed by atoms with Crippen LogP contribution in [0.3, 0.4) is 0 Å². The van der Waals surface area contributed by atoms with Gasteiger partial charge in [-0.15, -0.1) is 0 Å². The number of morpholine rings is 1. The molecule has 0 saturated carbocycles. The normalized spacial score (nSPS) is 17.0. The maximum absolute atomic E-state index is 13.5. The second-order valence-corrected chi connectivity index (χ2v) is 5.86. The van der Waals surface area contributed by atoms with E-state index in [1.54, 1.807) is 4.90 Å². The molecule has 1 unspecified atom stereocenters. The molecule has 7 heteroatoms. The van der Waals surface area contributed by atoms with Crippen molar-refractivity contribution in [2.24, 2.45) is 0 Å². The zero-order valence-corrected chi connectivity index (χ0v) is 14.3. The van der Waals surface area contributed by atoms with Gasteiger partial charge in [-0.05, 0) is 42.5 Å². The summed E-state index contributed by atoms with van der Waals surface area (Å²) in [4.78, 5) is 14.3. The molecule has 0 N–H and O–H groups in total. The summed E-state index contributed by atoms with van der Waals surface area (Å²) < 4.78 is 42.6. The first kappa shape index (κ1) is 18.1. The molecule has 1 amide bonds. The number of hydrogen-bond acceptors (Lipinski definition) is 4. The molecule has 0 aromatic heterocycles. The quantitative estimate of drug-likeness (QED) is 0.820. The highest BCUT2D eigenvalue weighted by molar-refractivity contribution is 5.94. The number of ether oxygens (including phenoxy) is 3. The molecule has 1 heterocycles. The summed E-state index contributed by atoms with van der Waals surface area (Å²) in [6.07, 6.45) is -0.305. The Kier molecular flexibility index (Phi) is 5.68. The largest absolute Gasteiger partial charge is 0.494 e. The lowest BCUT2D eigenvalue weighted by molar-refractivity contribution is -0.0401. The Morgan fingerprint density at radius 3 is 2.73 bits per heavy atom. The number of carbonyl (C=O) groups is 1. The predicted molar refractivity (Wildman–Crippen MR) is 90.5 cm³/mol. The molecule has 0 bridgehead atoms. The lowest BCUT2D eigenvalue weighted by Gasteiger charge is -2.33. The molecule has 26 heavy (non-hydrogen) atoms. The molecular formula is C19H19F2NO4. The number of methoxy groups -OCH3 is 1. The van der Waals surface area contributed by atoms with Gasteiger partial charge in [0.2, 0.25) is 0 Å². The summed E-state index contributed by atoms with van der Waals surface area (Å²) in [5.74, 6) is -0.519. The van der Waals surface area contributed by atoms with Crippen LogP contribution in [0.5, 0.6) is 11.5 Å². The van der Waals surface area contributed by atoms with Crippen LogP contribution >= 0.6 is 0 Å². The summed E-state index contributed by atoms with van der Waals surface area (Å²) in [5, 5.41) is 0. The fourth-order valence-corrected chi connectivity index (χ4v) is 2.70. The third-order valence-electron chi connectivity index (χ3n) is 4.07. The van der Waals surface area contributed by atoms with Crippen LogP contribution in [-0.4, -0.2) is 50.3 Å². The second kappa shape index (κ2) is 8.14. The average molecular weight is 363 g/mol. The molecule has 1 aliphatic rings. The van der Waals surface area contributed by atoms with Gasteiger partial charge in [0.05, 0.1) is 20.3 Å². The smallest absolute Gasteiger partial charge is 0.254 e. The molecule has 1 saturated heterocycles. The Morgan fingerprint density at radius 2 is 2.00 bits per heavy atom. The molecule has 2 aromatic carbocycles. The number of rotatable bonds is 5. The molecule has 1 fully saturated rings. The first-order valence-electron chi connectivity index (χ1n) is 8.19. The van der Waals surface area contributed by atoms with Gasteiger partial charge in [-0.1, -0.05) is 0 Å². The number of carbonyl (C=O) groups excluding carboxylic acids is 1. The molecule has 0 aliphatic carbocycles. The van der Waals surface area contributed by atoms with Gasteiger partial charge in [-0.25, -0.2) is 8.78 Å². The van der Waals surface area contributed by atoms with E-state index in [4.69, 9.17) is 14.2 Å². The second-order valence-electron chi connectivity index (χ2n) is 5.86. The van der Waals surface area contributed by atoms with E-state index in [1.807, 2.05) is 0 Å². The summed E-state index contributed by atoms with van der Waals surface area (Å²) in [7, 11) is 1.35. The third kappa shape index (κ3) is 4.29. The van der Waals surface area contributed by atoms with E-state index >= 15 is 0 Å². The van der Waals surface area contributed by atoms with Gasteiger partial charge in [0, 0.05) is 12.1 Å². The van der Waals surface area contributed by atoms with Crippen LogP contribution in [0.15, 0.2) is 42.5 Å². The van der Waals surface area contributed by atoms with Crippen molar-refractivity contribution in [3.8, 4) is 11.5 Å². The van der Waals surface area contributed by atoms with Gasteiger partial charge in [0.25, 0.3) is 5.91 Å². The number of nitrogens with zero attached hydrogens (tertiary/aromatic N) is 1. The molecule has 5 nitrogen and oxygen atoms in total. The SMILES string of the molecule is COc1cc(C(=O)N2CCOC(COc3ccc(F)cc3)C2)ccc1F. The molecular weight excluding hydrogens is 344 g/mol. The summed E-state index contributed by atoms with van der Waals surface area (Å²) in [5.41, 5.74) is 0.350. The summed E-state index contributed by atoms with van der Waals surface area (Å²) in [6, 6.07) is 9.72. The monoisotopic (exact) mass is 363 g/mol. The fourth-order valence-electron chi connectivity index (χ4n) is 2.70. The highest BCUT2D eigenvalue weighted by Gasteiger charge is 2.26. The van der Waals surface area contributed by atoms with Gasteiger partial charge in [0.15, 0.2) is 11.6 Å². The van der Waals surface area contributed by atoms with Crippen molar-refractivity contribution in [2.45, 2.75) is 6.10 Å². The van der Waals surface area contributed by atoms with Crippen molar-refractivity contribution in [3.63, 3.8) is 0 Å². The average Bonchev–Trinajstić information content (AvgIpc) is 2.67. The fraction of sp³-hybridized carbons (Fsp3) is 0.316. The number of benzene rings is 2. The topological polar surface area (TPSA) is 48.0 Å². The lowest BCUT2D eigenvalue weighted by atomic mass is 10.1. The number of amides is 1. The highest BCUT2D eigenvalue weighted by Crippen LogP contribution is 2.20. The van der Waals surface area contributed by atoms with E-state index in [2.05, 4.69) is 0 Å². The van der Waals surface area contributed by atoms with Crippen molar-refractivity contribution in [1.29, 1.82) is 0 Å². The van der Waals surface area contributed by atoms with Gasteiger partial charge < -0.3 is 19.1 Å². The molecule has 1 atom stereocenters. The minimum Gasteiger partial charge on any atom is -0.494 e. The molecule has 138 valence electrons. The lowest BCUT2D eigenvalue weighted by Crippen LogP contribution is -2.47. The van der Waals surface area contributed by atoms with Gasteiger partial charge in [0.1, 0.15) is 24.3 Å². The maximum Gasteiger partial charge on any atom is 0.254 e. The van der Waals surface area contributed by atoms with Gasteiger partial charge >= 0.3 is 0 Å². The van der Waals surface area contributed by atoms with Crippen molar-refractivity contribution < 1.29 is 27.8 Å². The van der Waals surface area contributed by atoms with Gasteiger partial charge in [-0.3, -0.25) is 4.79 Å². The third-order valence-corrected chi connectivity index (χ3v) is 4.07. The number of halogens is 2. The zero-order valence-electron chi connectivity index (χ0n) is 14.3. The van der Waals surface area contributed by atoms with E-state index in [1.165, 1.54) is 49.6 Å². The van der Waals surface area contributed by atoms with Crippen molar-refractivity contribution >= 4 is 5.91 Å². The molecule has 1 aliphatic heterocycles. The predicted octanol–water partition coefficient (Wildman–Crippen LogP) is 2.89. The maximum atomic E-state index is 13.5. The van der Waals surface area contributed by atoms with Crippen LogP contribution in [-0.2, 0) is 4.74 Å². The zero-order chi connectivity index (χ0) is 18.5. The minimum atomic E-state index is -0.517. The summed E-state index contributed by atoms with van der Waals surface area (Å²) in [6.45, 7) is 1.40. The Labute approximate surface area is 150 Å². The summed E-state index contributed by atoms with van der Waals surface area (Å²) >= 11 is 0. The van der Waals surface area contributed by atoms with Crippen LogP contribution in [0, 0.1) is 11.6 Å². The molecule has 2 aromatic rings. The van der Waals surface area contributed by atoms with Crippen molar-refractivity contribution in [1.82, 2.24) is 4.90 Å². The van der Waals surface area contributed by atoms with E-state index < -0.39 is 5.82 Å². The Hall–Kier alpha value is -2.67. The highest BCUT2D eigenvalue weighted by atomic mass is 19.1. The molecule has 3 rings (SSSR count). The van der Waals surface area contributed by atoms with Crippen LogP contribution in [0.1, 0.15) is 10.4 Å². The first-order valence-corrected chi connectivity index (χ1v) is 8.19. The van der Waals surface area contributed by atoms with Crippen LogP contribution < -0.4 is 9.47 Å². The first-order chi connectivity index (χ1) is 12.6. The van der Waals surface area contributed by atoms with E-state index in [9.17, 15) is 13.6 Å². The van der Waals surface area contributed by atoms with Crippen LogP contribution in [0.25, 0.3) is 0 Å². The standard InChI is InChI=1S/C19H19F2NO4/c1-24-18-10-13(2-7-17(18)21)19(23)22-8-9-25-16(11-22)12-26-15-5-3-14(20)4-6-15/h2-7,10,16H,8-9,11-12H2,1H3. The molecule has 0 spiro atoms. The van der Waals surface area contributed by atoms with Crippen LogP contribution in [0.4, 0.5) is 8.78 Å². The van der Waals surface area contributed by atoms with E-state index in [0.717, 1.165) is 0 Å². The van der Waals surface area contributed by atoms with E-state index in [0.29, 0.717) is 31.0 Å². The Balaban J connectivity index is 1.60. The van der Waals surface area contributed by atoms with E-state index in [-0.39, 0.29) is 30.2 Å². The Bertz CT molecular complexity index is 767. The van der Waals surface area contributed by atoms with Crippen molar-refractivity contribution in [3.05, 3.63) is 59.7 Å². The van der Waals surface area contributed by atoms with Crippen molar-refractivity contribution in [2.75, 3.05) is 33.4 Å². The molecule has 0 radical (unpaired) electrons. The number of hydrogen-bond donors (Lipinski definition) is 0. The minimum absolute atomic E-state index is 0.0281. The van der Waals surface area contributed by atoms with Gasteiger partial charge in [-0.2, -0.15) is 0 Å².